The molecule has 3 saturated carbocycles. The molecule has 1 N–H and O–H groups in total. The van der Waals surface area contributed by atoms with Gasteiger partial charge in [-0.1, -0.05) is 6.42 Å². The van der Waals surface area contributed by atoms with E-state index >= 15 is 0 Å². The molecule has 4 fully saturated rings. The molecule has 1 saturated heterocycles. The van der Waals surface area contributed by atoms with Crippen LogP contribution in [-0.2, 0) is 0 Å². The lowest BCUT2D eigenvalue weighted by atomic mass is 9.83. The Labute approximate surface area is 111 Å². The predicted molar refractivity (Wildman–Crippen MR) is 74.5 cm³/mol. The molecule has 0 amide bonds. The molecule has 1 heterocycles. The highest BCUT2D eigenvalue weighted by Crippen LogP contribution is 2.50. The molecular formula is C16H28N2. The van der Waals surface area contributed by atoms with Gasteiger partial charge in [-0.25, -0.2) is 0 Å². The normalized spacial score (nSPS) is 45.8. The first kappa shape index (κ1) is 11.7. The van der Waals surface area contributed by atoms with Gasteiger partial charge in [0.05, 0.1) is 0 Å². The minimum Gasteiger partial charge on any atom is -0.310 e. The zero-order valence-electron chi connectivity index (χ0n) is 11.8. The van der Waals surface area contributed by atoms with Gasteiger partial charge in [0.2, 0.25) is 0 Å². The van der Waals surface area contributed by atoms with Gasteiger partial charge < -0.3 is 5.32 Å². The summed E-state index contributed by atoms with van der Waals surface area (Å²) in [6.45, 7) is 5.19. The first-order valence-corrected chi connectivity index (χ1v) is 8.29. The molecule has 1 aliphatic heterocycles. The fraction of sp³-hybridized carbons (Fsp3) is 1.00. The van der Waals surface area contributed by atoms with Crippen LogP contribution >= 0.6 is 0 Å². The summed E-state index contributed by atoms with van der Waals surface area (Å²) >= 11 is 0. The van der Waals surface area contributed by atoms with E-state index in [4.69, 9.17) is 0 Å². The van der Waals surface area contributed by atoms with Gasteiger partial charge in [-0.2, -0.15) is 0 Å². The molecular weight excluding hydrogens is 220 g/mol. The summed E-state index contributed by atoms with van der Waals surface area (Å²) in [6.07, 6.45) is 10.4. The predicted octanol–water partition coefficient (Wildman–Crippen LogP) is 2.64. The molecule has 2 bridgehead atoms. The van der Waals surface area contributed by atoms with Crippen molar-refractivity contribution in [2.45, 2.75) is 70.0 Å². The lowest BCUT2D eigenvalue weighted by molar-refractivity contribution is 0.142. The number of nitrogens with zero attached hydrogens (tertiary/aromatic N) is 1. The minimum absolute atomic E-state index is 0.804. The van der Waals surface area contributed by atoms with Crippen LogP contribution in [0.2, 0.25) is 0 Å². The summed E-state index contributed by atoms with van der Waals surface area (Å²) in [5.74, 6) is 3.22. The van der Waals surface area contributed by atoms with E-state index in [0.717, 1.165) is 35.9 Å². The molecule has 2 nitrogen and oxygen atoms in total. The van der Waals surface area contributed by atoms with Gasteiger partial charge in [0.25, 0.3) is 0 Å². The molecule has 18 heavy (non-hydrogen) atoms. The number of hydrogen-bond donors (Lipinski definition) is 1. The van der Waals surface area contributed by atoms with E-state index in [1.165, 1.54) is 38.8 Å². The van der Waals surface area contributed by atoms with Gasteiger partial charge in [-0.05, 0) is 63.2 Å². The summed E-state index contributed by atoms with van der Waals surface area (Å²) in [6, 6.07) is 2.54. The van der Waals surface area contributed by atoms with E-state index in [1.54, 1.807) is 19.3 Å². The second kappa shape index (κ2) is 4.49. The highest BCUT2D eigenvalue weighted by Gasteiger charge is 2.44. The van der Waals surface area contributed by atoms with Gasteiger partial charge in [0.15, 0.2) is 0 Å². The third-order valence-corrected chi connectivity index (χ3v) is 6.26. The number of rotatable bonds is 4. The number of fused-ring (bicyclic) bond motifs is 2. The number of hydrogen-bond acceptors (Lipinski definition) is 2. The molecule has 3 aliphatic carbocycles. The van der Waals surface area contributed by atoms with Crippen LogP contribution in [-0.4, -0.2) is 36.1 Å². The minimum atomic E-state index is 0.804. The van der Waals surface area contributed by atoms with Crippen molar-refractivity contribution in [1.82, 2.24) is 10.2 Å². The Morgan fingerprint density at radius 2 is 1.89 bits per heavy atom. The molecule has 0 aromatic rings. The lowest BCUT2D eigenvalue weighted by Crippen LogP contribution is -2.41. The van der Waals surface area contributed by atoms with E-state index in [0.29, 0.717) is 0 Å². The van der Waals surface area contributed by atoms with Crippen LogP contribution in [0.5, 0.6) is 0 Å². The molecule has 0 radical (unpaired) electrons. The van der Waals surface area contributed by atoms with Crippen molar-refractivity contribution >= 4 is 0 Å². The van der Waals surface area contributed by atoms with Gasteiger partial charge in [0.1, 0.15) is 0 Å². The van der Waals surface area contributed by atoms with Crippen molar-refractivity contribution in [2.24, 2.45) is 17.8 Å². The van der Waals surface area contributed by atoms with E-state index < -0.39 is 0 Å². The van der Waals surface area contributed by atoms with E-state index in [9.17, 15) is 0 Å². The first-order valence-electron chi connectivity index (χ1n) is 8.29. The van der Waals surface area contributed by atoms with E-state index in [1.807, 2.05) is 0 Å². The van der Waals surface area contributed by atoms with Crippen molar-refractivity contribution in [3.63, 3.8) is 0 Å². The SMILES string of the molecule is CC(C1CC2CCC1C2)N1CCC(NC2CC2)C1. The molecule has 102 valence electrons. The van der Waals surface area contributed by atoms with Gasteiger partial charge >= 0.3 is 0 Å². The third-order valence-electron chi connectivity index (χ3n) is 6.26. The topological polar surface area (TPSA) is 15.3 Å². The maximum absolute atomic E-state index is 3.82. The van der Waals surface area contributed by atoms with Gasteiger partial charge in [-0.15, -0.1) is 0 Å². The fourth-order valence-corrected chi connectivity index (χ4v) is 5.03. The molecule has 0 aromatic heterocycles. The van der Waals surface area contributed by atoms with Crippen molar-refractivity contribution in [3.8, 4) is 0 Å². The average molecular weight is 248 g/mol. The van der Waals surface area contributed by atoms with Crippen LogP contribution in [0.3, 0.4) is 0 Å². The summed E-state index contributed by atoms with van der Waals surface area (Å²) in [7, 11) is 0. The van der Waals surface area contributed by atoms with E-state index in [-0.39, 0.29) is 0 Å². The first-order chi connectivity index (χ1) is 8.79. The second-order valence-electron chi connectivity index (χ2n) is 7.50. The highest BCUT2D eigenvalue weighted by molar-refractivity contribution is 4.97. The smallest absolute Gasteiger partial charge is 0.0209 e. The Morgan fingerprint density at radius 1 is 1.00 bits per heavy atom. The molecule has 2 heteroatoms. The zero-order chi connectivity index (χ0) is 12.1. The van der Waals surface area contributed by atoms with Crippen molar-refractivity contribution < 1.29 is 0 Å². The van der Waals surface area contributed by atoms with Gasteiger partial charge in [-0.3, -0.25) is 4.90 Å². The van der Waals surface area contributed by atoms with Crippen LogP contribution < -0.4 is 5.32 Å². The standard InChI is InChI=1S/C16H28N2/c1-11(16-9-12-2-3-13(16)8-12)18-7-6-15(10-18)17-14-4-5-14/h11-17H,2-10H2,1H3. The quantitative estimate of drug-likeness (QED) is 0.823. The number of likely N-dealkylation sites (tertiary alicyclic amines) is 1. The van der Waals surface area contributed by atoms with Crippen molar-refractivity contribution in [3.05, 3.63) is 0 Å². The van der Waals surface area contributed by atoms with Crippen LogP contribution in [0, 0.1) is 17.8 Å². The Hall–Kier alpha value is -0.0800. The summed E-state index contributed by atoms with van der Waals surface area (Å²) < 4.78 is 0. The molecule has 0 aromatic carbocycles. The summed E-state index contributed by atoms with van der Waals surface area (Å²) in [4.78, 5) is 2.80. The molecule has 0 spiro atoms. The largest absolute Gasteiger partial charge is 0.310 e. The van der Waals surface area contributed by atoms with Crippen LogP contribution in [0.4, 0.5) is 0 Å². The summed E-state index contributed by atoms with van der Waals surface area (Å²) in [5, 5.41) is 3.82. The van der Waals surface area contributed by atoms with E-state index in [2.05, 4.69) is 17.1 Å². The maximum Gasteiger partial charge on any atom is 0.0209 e. The Bertz CT molecular complexity index is 312. The molecule has 4 rings (SSSR count). The molecule has 5 unspecified atom stereocenters. The van der Waals surface area contributed by atoms with Crippen molar-refractivity contribution in [1.29, 1.82) is 0 Å². The summed E-state index contributed by atoms with van der Waals surface area (Å²) in [5.41, 5.74) is 0. The highest BCUT2D eigenvalue weighted by atomic mass is 15.2. The Balaban J connectivity index is 1.33. The van der Waals surface area contributed by atoms with Crippen molar-refractivity contribution in [2.75, 3.05) is 13.1 Å². The Morgan fingerprint density at radius 3 is 2.56 bits per heavy atom. The number of nitrogens with one attached hydrogen (secondary N) is 1. The Kier molecular flexibility index (Phi) is 2.92. The van der Waals surface area contributed by atoms with Crippen LogP contribution in [0.15, 0.2) is 0 Å². The lowest BCUT2D eigenvalue weighted by Gasteiger charge is -2.34. The zero-order valence-corrected chi connectivity index (χ0v) is 11.8. The second-order valence-corrected chi connectivity index (χ2v) is 7.50. The van der Waals surface area contributed by atoms with Crippen LogP contribution in [0.25, 0.3) is 0 Å². The maximum atomic E-state index is 3.82. The molecule has 4 aliphatic rings. The fourth-order valence-electron chi connectivity index (χ4n) is 5.03. The third kappa shape index (κ3) is 2.12. The van der Waals surface area contributed by atoms with Gasteiger partial charge in [0, 0.05) is 31.2 Å². The monoisotopic (exact) mass is 248 g/mol. The molecule has 5 atom stereocenters. The van der Waals surface area contributed by atoms with Crippen LogP contribution in [0.1, 0.15) is 51.9 Å². The average Bonchev–Trinajstić information content (AvgIpc) is 2.84.